The number of aliphatic hydroxyl groups is 1. The van der Waals surface area contributed by atoms with Crippen LogP contribution in [0.4, 0.5) is 0 Å². The van der Waals surface area contributed by atoms with E-state index in [4.69, 9.17) is 26.4 Å². The second kappa shape index (κ2) is 28.4. The van der Waals surface area contributed by atoms with Crippen LogP contribution >= 0.6 is 46.7 Å². The number of rotatable bonds is 25. The predicted octanol–water partition coefficient (Wildman–Crippen LogP) is 14.8. The summed E-state index contributed by atoms with van der Waals surface area (Å²) in [5, 5.41) is 10.3. The van der Waals surface area contributed by atoms with E-state index in [1.54, 1.807) is 34.4 Å². The molecule has 60 heavy (non-hydrogen) atoms. The maximum absolute atomic E-state index is 10.3. The van der Waals surface area contributed by atoms with Crippen molar-refractivity contribution in [2.75, 3.05) is 25.6 Å². The molecule has 1 aliphatic rings. The Hall–Kier alpha value is -3.25. The summed E-state index contributed by atoms with van der Waals surface area (Å²) in [5.74, 6) is 2.36. The zero-order valence-electron chi connectivity index (χ0n) is 35.8. The van der Waals surface area contributed by atoms with E-state index in [2.05, 4.69) is 72.3 Å². The van der Waals surface area contributed by atoms with Crippen molar-refractivity contribution >= 4 is 67.1 Å². The summed E-state index contributed by atoms with van der Waals surface area (Å²) < 4.78 is 20.8. The Morgan fingerprint density at radius 3 is 1.80 bits per heavy atom. The Morgan fingerprint density at radius 2 is 1.23 bits per heavy atom. The third-order valence-electron chi connectivity index (χ3n) is 10.3. The predicted molar refractivity (Wildman–Crippen MR) is 260 cm³/mol. The number of aryl methyl sites for hydroxylation is 2. The third-order valence-corrected chi connectivity index (χ3v) is 13.8. The maximum Gasteiger partial charge on any atom is 0.159 e. The highest BCUT2D eigenvalue weighted by molar-refractivity contribution is 8.01. The molecule has 0 spiro atoms. The first-order chi connectivity index (χ1) is 29.5. The van der Waals surface area contributed by atoms with Gasteiger partial charge in [0.05, 0.1) is 33.1 Å². The van der Waals surface area contributed by atoms with E-state index in [1.807, 2.05) is 48.5 Å². The van der Waals surface area contributed by atoms with Crippen LogP contribution in [0.5, 0.6) is 11.5 Å². The fourth-order valence-electron chi connectivity index (χ4n) is 6.65. The zero-order valence-corrected chi connectivity index (χ0v) is 39.1. The lowest BCUT2D eigenvalue weighted by Crippen LogP contribution is -2.20. The first kappa shape index (κ1) is 47.8. The molecule has 0 amide bonds. The van der Waals surface area contributed by atoms with Crippen molar-refractivity contribution in [1.82, 2.24) is 9.97 Å². The highest BCUT2D eigenvalue weighted by Gasteiger charge is 2.23. The number of ether oxygens (including phenoxy) is 3. The molecule has 2 atom stereocenters. The third kappa shape index (κ3) is 19.2. The van der Waals surface area contributed by atoms with E-state index in [0.717, 1.165) is 43.9 Å². The largest absolute Gasteiger partial charge is 0.491 e. The number of hydrogen-bond acceptors (Lipinski definition) is 9. The highest BCUT2D eigenvalue weighted by atomic mass is 32.2. The first-order valence-electron chi connectivity index (χ1n) is 22.3. The second-order valence-electron chi connectivity index (χ2n) is 15.5. The van der Waals surface area contributed by atoms with Crippen LogP contribution in [0.1, 0.15) is 115 Å². The van der Waals surface area contributed by atoms with Gasteiger partial charge >= 0.3 is 0 Å². The Balaban J connectivity index is 0.000000193. The van der Waals surface area contributed by atoms with Crippen molar-refractivity contribution in [3.63, 3.8) is 0 Å². The average Bonchev–Trinajstić information content (AvgIpc) is 3.89. The number of thioether (sulfide) groups is 1. The van der Waals surface area contributed by atoms with E-state index < -0.39 is 6.10 Å². The van der Waals surface area contributed by atoms with Crippen LogP contribution in [0.25, 0.3) is 20.4 Å². The maximum atomic E-state index is 10.3. The molecule has 2 unspecified atom stereocenters. The molecular weight excluding hydrogens is 821 g/mol. The average molecular weight is 887 g/mol. The fraction of sp³-hybridized carbons (Fsp3) is 0.480. The summed E-state index contributed by atoms with van der Waals surface area (Å²) in [5.41, 5.74) is 4.95. The molecule has 10 heteroatoms. The van der Waals surface area contributed by atoms with Crippen LogP contribution < -0.4 is 9.47 Å². The summed E-state index contributed by atoms with van der Waals surface area (Å²) in [6, 6.07) is 33.1. The lowest BCUT2D eigenvalue weighted by atomic mass is 10.0. The zero-order chi connectivity index (χ0) is 42.0. The van der Waals surface area contributed by atoms with Crippen molar-refractivity contribution in [2.45, 2.75) is 133 Å². The number of epoxide rings is 1. The number of unbranched alkanes of at least 4 members (excludes halogenated alkanes) is 12. The van der Waals surface area contributed by atoms with Gasteiger partial charge < -0.3 is 24.3 Å². The molecule has 1 fully saturated rings. The molecule has 1 aliphatic heterocycles. The number of nitrogens with zero attached hydrogens (tertiary/aromatic N) is 1. The lowest BCUT2D eigenvalue weighted by Gasteiger charge is -2.12. The topological polar surface area (TPSA) is 79.9 Å². The summed E-state index contributed by atoms with van der Waals surface area (Å²) in [4.78, 5) is 7.68. The summed E-state index contributed by atoms with van der Waals surface area (Å²) in [7, 11) is 0. The number of hydrogen-bond donors (Lipinski definition) is 2. The number of thiazole rings is 2. The van der Waals surface area contributed by atoms with E-state index in [1.165, 1.54) is 117 Å². The molecule has 0 saturated carbocycles. The number of aliphatic hydroxyl groups excluding tert-OH is 1. The standard InChI is InChI=1S/C25H33NO2S2.C18H28O2.C7H5NS2/c1-2-3-4-5-6-7-8-11-20-14-16-22(17-15-20)28-18-21(27)19-29-25-26-23-12-9-10-13-24(23)30-25;1-2-3-4-5-6-7-8-9-16-10-12-17(13-11-16)19-14-18-15-20-18;9-7-8-5-3-1-2-4-6(5)10-7/h9-10,12-17,21,27H,2-8,11,18-19H2,1H3;10-13,18H,2-9,14-15H2,1H3;1-4H,(H,8,9). The fourth-order valence-corrected chi connectivity index (χ4v) is 9.76. The van der Waals surface area contributed by atoms with Crippen molar-refractivity contribution in [1.29, 1.82) is 0 Å². The monoisotopic (exact) mass is 886 g/mol. The van der Waals surface area contributed by atoms with Gasteiger partial charge in [-0.05, 0) is 97.6 Å². The molecule has 2 N–H and O–H groups in total. The minimum absolute atomic E-state index is 0.301. The Morgan fingerprint density at radius 1 is 0.700 bits per heavy atom. The minimum atomic E-state index is -0.519. The molecule has 6 nitrogen and oxygen atoms in total. The second-order valence-corrected chi connectivity index (χ2v) is 19.5. The molecule has 6 aromatic rings. The smallest absolute Gasteiger partial charge is 0.159 e. The van der Waals surface area contributed by atoms with E-state index in [-0.39, 0.29) is 0 Å². The Labute approximate surface area is 376 Å². The van der Waals surface area contributed by atoms with Gasteiger partial charge in [0.2, 0.25) is 0 Å². The number of benzene rings is 4. The molecule has 0 aliphatic carbocycles. The van der Waals surface area contributed by atoms with Gasteiger partial charge in [0, 0.05) is 5.75 Å². The van der Waals surface area contributed by atoms with Gasteiger partial charge in [-0.15, -0.1) is 22.7 Å². The Bertz CT molecular complexity index is 2010. The molecule has 4 aromatic carbocycles. The number of aromatic amines is 1. The normalized spacial score (nSPS) is 13.6. The number of para-hydroxylation sites is 2. The van der Waals surface area contributed by atoms with Gasteiger partial charge in [-0.25, -0.2) is 4.98 Å². The van der Waals surface area contributed by atoms with Gasteiger partial charge in [-0.1, -0.05) is 151 Å². The van der Waals surface area contributed by atoms with Gasteiger partial charge in [0.25, 0.3) is 0 Å². The van der Waals surface area contributed by atoms with Crippen molar-refractivity contribution in [3.8, 4) is 11.5 Å². The molecule has 324 valence electrons. The van der Waals surface area contributed by atoms with Crippen LogP contribution in [-0.2, 0) is 17.6 Å². The molecule has 2 aromatic heterocycles. The molecule has 0 radical (unpaired) electrons. The van der Waals surface area contributed by atoms with E-state index in [0.29, 0.717) is 25.1 Å². The summed E-state index contributed by atoms with van der Waals surface area (Å²) in [6.07, 6.45) is 21.1. The van der Waals surface area contributed by atoms with E-state index in [9.17, 15) is 5.11 Å². The van der Waals surface area contributed by atoms with Crippen LogP contribution in [0.15, 0.2) is 101 Å². The minimum Gasteiger partial charge on any atom is -0.491 e. The van der Waals surface area contributed by atoms with Crippen molar-refractivity contribution < 1.29 is 19.3 Å². The summed E-state index contributed by atoms with van der Waals surface area (Å²) in [6.45, 7) is 6.38. The highest BCUT2D eigenvalue weighted by Crippen LogP contribution is 2.30. The number of H-pyrrole nitrogens is 1. The SMILES string of the molecule is CCCCCCCCCc1ccc(OCC(O)CSc2nc3ccccc3s2)cc1.CCCCCCCCCc1ccc(OCC2CO2)cc1.S=c1[nH]c2ccccc2s1. The number of fused-ring (bicyclic) bond motifs is 2. The van der Waals surface area contributed by atoms with Crippen molar-refractivity contribution in [3.05, 3.63) is 112 Å². The van der Waals surface area contributed by atoms with Gasteiger partial charge in [-0.3, -0.25) is 0 Å². The van der Waals surface area contributed by atoms with Crippen LogP contribution in [0, 0.1) is 3.95 Å². The number of nitrogens with one attached hydrogen (secondary N) is 1. The van der Waals surface area contributed by atoms with Crippen LogP contribution in [-0.4, -0.2) is 52.9 Å². The molecule has 7 rings (SSSR count). The van der Waals surface area contributed by atoms with Crippen LogP contribution in [0.2, 0.25) is 0 Å². The lowest BCUT2D eigenvalue weighted by molar-refractivity contribution is 0.126. The molecule has 3 heterocycles. The Kier molecular flexibility index (Phi) is 22.6. The van der Waals surface area contributed by atoms with Gasteiger partial charge in [-0.2, -0.15) is 0 Å². The quantitative estimate of drug-likeness (QED) is 0.0256. The number of aromatic nitrogens is 2. The van der Waals surface area contributed by atoms with Crippen molar-refractivity contribution in [2.24, 2.45) is 0 Å². The van der Waals surface area contributed by atoms with Gasteiger partial charge in [0.15, 0.2) is 8.29 Å². The molecule has 0 bridgehead atoms. The van der Waals surface area contributed by atoms with Gasteiger partial charge in [0.1, 0.15) is 30.8 Å². The van der Waals surface area contributed by atoms with E-state index >= 15 is 0 Å². The summed E-state index contributed by atoms with van der Waals surface area (Å²) >= 11 is 9.84. The first-order valence-corrected chi connectivity index (χ1v) is 25.3. The van der Waals surface area contributed by atoms with Crippen LogP contribution in [0.3, 0.4) is 0 Å². The molecular formula is C50H66N2O4S4. The molecule has 1 saturated heterocycles.